The van der Waals surface area contributed by atoms with E-state index in [4.69, 9.17) is 14.2 Å². The summed E-state index contributed by atoms with van der Waals surface area (Å²) >= 11 is 0. The van der Waals surface area contributed by atoms with E-state index in [0.717, 1.165) is 6.42 Å². The fourth-order valence-corrected chi connectivity index (χ4v) is 3.31. The number of rotatable bonds is 16. The average molecular weight is 550 g/mol. The van der Waals surface area contributed by atoms with Crippen LogP contribution in [0.15, 0.2) is 18.2 Å². The maximum absolute atomic E-state index is 12.7. The van der Waals surface area contributed by atoms with Crippen molar-refractivity contribution in [1.29, 1.82) is 0 Å². The van der Waals surface area contributed by atoms with E-state index in [9.17, 15) is 24.3 Å². The molecular weight excluding hydrogens is 502 g/mol. The molecule has 9 nitrogen and oxygen atoms in total. The first-order valence-corrected chi connectivity index (χ1v) is 13.8. The normalized spacial score (nSPS) is 14.6. The highest BCUT2D eigenvalue weighted by Crippen LogP contribution is 2.31. The number of benzene rings is 1. The Kier molecular flexibility index (Phi) is 14.2. The van der Waals surface area contributed by atoms with Gasteiger partial charge >= 0.3 is 23.9 Å². The number of ether oxygens (including phenoxy) is 3. The molecule has 1 aromatic rings. The van der Waals surface area contributed by atoms with Crippen LogP contribution in [0.2, 0.25) is 0 Å². The minimum absolute atomic E-state index is 0.0368. The number of carboxylic acids is 1. The first-order chi connectivity index (χ1) is 18.1. The third kappa shape index (κ3) is 12.2. The molecule has 4 atom stereocenters. The Morgan fingerprint density at radius 1 is 0.821 bits per heavy atom. The van der Waals surface area contributed by atoms with Gasteiger partial charge in [-0.3, -0.25) is 19.2 Å². The lowest BCUT2D eigenvalue weighted by molar-refractivity contribution is -0.148. The molecule has 0 bridgehead atoms. The Hall–Kier alpha value is -2.94. The van der Waals surface area contributed by atoms with Gasteiger partial charge in [0.2, 0.25) is 0 Å². The number of hydrogen-bond acceptors (Lipinski definition) is 8. The molecule has 0 aliphatic carbocycles. The number of aliphatic carboxylic acids is 1. The number of hydrogen-bond donors (Lipinski definition) is 2. The van der Waals surface area contributed by atoms with Gasteiger partial charge in [-0.05, 0) is 55.2 Å². The standard InChI is InChI=1S/C30H47NO8/c1-17(2)10-13-27(32)37-20(7)16-31-24(28(33)34)14-23-11-12-25(38-29(35)21(8)18(3)4)26(15-23)39-30(36)22(9)19(5)6/h11-12,15,17-22,24,31H,10,13-14,16H2,1-9H3,(H,33,34)/t20?,21?,22?,24-/m0/s1. The summed E-state index contributed by atoms with van der Waals surface area (Å²) in [6, 6.07) is 3.69. The maximum atomic E-state index is 12.7. The minimum atomic E-state index is -1.08. The molecule has 220 valence electrons. The van der Waals surface area contributed by atoms with E-state index in [2.05, 4.69) is 5.32 Å². The van der Waals surface area contributed by atoms with Crippen LogP contribution < -0.4 is 14.8 Å². The number of esters is 3. The summed E-state index contributed by atoms with van der Waals surface area (Å²) in [4.78, 5) is 49.3. The molecule has 0 aliphatic rings. The number of carbonyl (C=O) groups excluding carboxylic acids is 3. The van der Waals surface area contributed by atoms with Gasteiger partial charge in [0.05, 0.1) is 11.8 Å². The lowest BCUT2D eigenvalue weighted by Crippen LogP contribution is -2.42. The predicted molar refractivity (Wildman–Crippen MR) is 148 cm³/mol. The van der Waals surface area contributed by atoms with E-state index in [1.165, 1.54) is 12.1 Å². The zero-order chi connectivity index (χ0) is 29.9. The summed E-state index contributed by atoms with van der Waals surface area (Å²) in [5.41, 5.74) is 0.563. The minimum Gasteiger partial charge on any atom is -0.480 e. The highest BCUT2D eigenvalue weighted by atomic mass is 16.6. The van der Waals surface area contributed by atoms with E-state index < -0.39 is 36.0 Å². The zero-order valence-electron chi connectivity index (χ0n) is 24.9. The third-order valence-corrected chi connectivity index (χ3v) is 6.82. The molecule has 0 heterocycles. The van der Waals surface area contributed by atoms with E-state index >= 15 is 0 Å². The smallest absolute Gasteiger partial charge is 0.321 e. The summed E-state index contributed by atoms with van der Waals surface area (Å²) in [7, 11) is 0. The van der Waals surface area contributed by atoms with Gasteiger partial charge in [-0.15, -0.1) is 0 Å². The van der Waals surface area contributed by atoms with Gasteiger partial charge in [0, 0.05) is 13.0 Å². The lowest BCUT2D eigenvalue weighted by atomic mass is 9.98. The predicted octanol–water partition coefficient (Wildman–Crippen LogP) is 5.03. The Labute approximate surface area is 233 Å². The largest absolute Gasteiger partial charge is 0.480 e. The molecule has 0 fully saturated rings. The Balaban J connectivity index is 3.05. The van der Waals surface area contributed by atoms with Crippen molar-refractivity contribution in [3.05, 3.63) is 23.8 Å². The topological polar surface area (TPSA) is 128 Å². The molecule has 0 saturated heterocycles. The molecule has 1 rings (SSSR count). The molecule has 1 aromatic carbocycles. The zero-order valence-corrected chi connectivity index (χ0v) is 24.9. The summed E-state index contributed by atoms with van der Waals surface area (Å²) in [5.74, 6) is -2.45. The van der Waals surface area contributed by atoms with Crippen LogP contribution in [0.3, 0.4) is 0 Å². The fourth-order valence-electron chi connectivity index (χ4n) is 3.31. The summed E-state index contributed by atoms with van der Waals surface area (Å²) in [6.07, 6.45) is 0.588. The van der Waals surface area contributed by atoms with Crippen LogP contribution in [-0.4, -0.2) is 47.7 Å². The number of carboxylic acid groups (broad SMARTS) is 1. The molecule has 0 amide bonds. The van der Waals surface area contributed by atoms with E-state index in [-0.39, 0.29) is 48.2 Å². The van der Waals surface area contributed by atoms with Crippen LogP contribution in [0.4, 0.5) is 0 Å². The molecule has 39 heavy (non-hydrogen) atoms. The molecule has 0 aromatic heterocycles. The van der Waals surface area contributed by atoms with E-state index in [1.54, 1.807) is 26.8 Å². The van der Waals surface area contributed by atoms with Crippen molar-refractivity contribution in [2.45, 2.75) is 93.7 Å². The monoisotopic (exact) mass is 549 g/mol. The van der Waals surface area contributed by atoms with Crippen molar-refractivity contribution in [1.82, 2.24) is 5.32 Å². The van der Waals surface area contributed by atoms with Crippen LogP contribution in [0.25, 0.3) is 0 Å². The van der Waals surface area contributed by atoms with Crippen molar-refractivity contribution in [2.24, 2.45) is 29.6 Å². The first-order valence-electron chi connectivity index (χ1n) is 13.8. The Bertz CT molecular complexity index is 972. The van der Waals surface area contributed by atoms with E-state index in [1.807, 2.05) is 41.5 Å². The molecule has 2 N–H and O–H groups in total. The maximum Gasteiger partial charge on any atom is 0.321 e. The van der Waals surface area contributed by atoms with Crippen molar-refractivity contribution in [2.75, 3.05) is 6.54 Å². The molecule has 0 radical (unpaired) electrons. The van der Waals surface area contributed by atoms with Gasteiger partial charge in [0.15, 0.2) is 11.5 Å². The van der Waals surface area contributed by atoms with Gasteiger partial charge in [-0.25, -0.2) is 0 Å². The summed E-state index contributed by atoms with van der Waals surface area (Å²) in [6.45, 7) is 17.0. The Morgan fingerprint density at radius 2 is 1.36 bits per heavy atom. The number of carbonyl (C=O) groups is 4. The van der Waals surface area contributed by atoms with Gasteiger partial charge in [-0.1, -0.05) is 61.5 Å². The molecular formula is C30H47NO8. The quantitative estimate of drug-likeness (QED) is 0.215. The van der Waals surface area contributed by atoms with Gasteiger partial charge in [0.25, 0.3) is 0 Å². The highest BCUT2D eigenvalue weighted by Gasteiger charge is 2.25. The van der Waals surface area contributed by atoms with Crippen LogP contribution in [-0.2, 0) is 30.3 Å². The summed E-state index contributed by atoms with van der Waals surface area (Å²) < 4.78 is 16.6. The van der Waals surface area contributed by atoms with Crippen molar-refractivity contribution in [3.8, 4) is 11.5 Å². The van der Waals surface area contributed by atoms with Gasteiger partial charge in [-0.2, -0.15) is 0 Å². The molecule has 0 spiro atoms. The van der Waals surface area contributed by atoms with Crippen LogP contribution in [0.5, 0.6) is 11.5 Å². The van der Waals surface area contributed by atoms with Crippen molar-refractivity contribution in [3.63, 3.8) is 0 Å². The second-order valence-electron chi connectivity index (χ2n) is 11.4. The first kappa shape index (κ1) is 34.1. The van der Waals surface area contributed by atoms with Crippen LogP contribution in [0, 0.1) is 29.6 Å². The van der Waals surface area contributed by atoms with Crippen molar-refractivity contribution < 1.29 is 38.5 Å². The molecule has 0 saturated carbocycles. The molecule has 9 heteroatoms. The van der Waals surface area contributed by atoms with Crippen molar-refractivity contribution >= 4 is 23.9 Å². The third-order valence-electron chi connectivity index (χ3n) is 6.82. The number of nitrogens with one attached hydrogen (secondary N) is 1. The lowest BCUT2D eigenvalue weighted by Gasteiger charge is -2.20. The summed E-state index contributed by atoms with van der Waals surface area (Å²) in [5, 5.41) is 12.7. The Morgan fingerprint density at radius 3 is 1.85 bits per heavy atom. The van der Waals surface area contributed by atoms with Gasteiger partial charge < -0.3 is 24.6 Å². The van der Waals surface area contributed by atoms with Crippen LogP contribution >= 0.6 is 0 Å². The average Bonchev–Trinajstić information content (AvgIpc) is 2.85. The fraction of sp³-hybridized carbons (Fsp3) is 0.667. The van der Waals surface area contributed by atoms with Crippen LogP contribution in [0.1, 0.15) is 80.7 Å². The highest BCUT2D eigenvalue weighted by molar-refractivity contribution is 5.79. The van der Waals surface area contributed by atoms with Gasteiger partial charge in [0.1, 0.15) is 12.1 Å². The van der Waals surface area contributed by atoms with E-state index in [0.29, 0.717) is 17.9 Å². The second kappa shape index (κ2) is 16.2. The molecule has 3 unspecified atom stereocenters. The molecule has 0 aliphatic heterocycles. The second-order valence-corrected chi connectivity index (χ2v) is 11.4. The SMILES string of the molecule is CC(C)CCC(=O)OC(C)CN[C@@H](Cc1ccc(OC(=O)C(C)C(C)C)c(OC(=O)C(C)C(C)C)c1)C(=O)O.